The van der Waals surface area contributed by atoms with Crippen LogP contribution in [-0.2, 0) is 17.9 Å². The van der Waals surface area contributed by atoms with Gasteiger partial charge in [-0.15, -0.1) is 0 Å². The van der Waals surface area contributed by atoms with Gasteiger partial charge in [0, 0.05) is 7.05 Å². The molecule has 18 heavy (non-hydrogen) atoms. The van der Waals surface area contributed by atoms with Crippen LogP contribution in [-0.4, -0.2) is 41.5 Å². The fourth-order valence-electron chi connectivity index (χ4n) is 1.93. The number of carbonyl (C=O) groups is 1. The van der Waals surface area contributed by atoms with E-state index in [9.17, 15) is 4.79 Å². The van der Waals surface area contributed by atoms with E-state index in [1.807, 2.05) is 47.8 Å². The third kappa shape index (κ3) is 2.51. The number of rotatable bonds is 4. The lowest BCUT2D eigenvalue weighted by Crippen LogP contribution is -2.25. The van der Waals surface area contributed by atoms with Crippen LogP contribution in [0.2, 0.25) is 0 Å². The average molecular weight is 246 g/mol. The van der Waals surface area contributed by atoms with E-state index in [0.717, 1.165) is 16.9 Å². The number of benzene rings is 1. The Balaban J connectivity index is 2.47. The standard InChI is InChI=1S/C13H18N4O/c1-14-13(18)9-17-11-7-5-4-6-10(11)15-12(17)8-16(2)3/h4-7H,8-9H2,1-3H3,(H,14,18). The van der Waals surface area contributed by atoms with Crippen LogP contribution in [0.1, 0.15) is 5.82 Å². The molecule has 0 bridgehead atoms. The number of hydrogen-bond acceptors (Lipinski definition) is 3. The molecule has 0 radical (unpaired) electrons. The van der Waals surface area contributed by atoms with Crippen molar-refractivity contribution in [3.8, 4) is 0 Å². The summed E-state index contributed by atoms with van der Waals surface area (Å²) >= 11 is 0. The fraction of sp³-hybridized carbons (Fsp3) is 0.385. The molecule has 1 heterocycles. The van der Waals surface area contributed by atoms with Gasteiger partial charge in [-0.1, -0.05) is 12.1 Å². The van der Waals surface area contributed by atoms with Crippen molar-refractivity contribution in [2.24, 2.45) is 0 Å². The van der Waals surface area contributed by atoms with Crippen molar-refractivity contribution in [1.82, 2.24) is 19.8 Å². The van der Waals surface area contributed by atoms with Gasteiger partial charge >= 0.3 is 0 Å². The molecule has 0 atom stereocenters. The van der Waals surface area contributed by atoms with E-state index < -0.39 is 0 Å². The van der Waals surface area contributed by atoms with E-state index in [-0.39, 0.29) is 5.91 Å². The smallest absolute Gasteiger partial charge is 0.239 e. The number of imidazole rings is 1. The van der Waals surface area contributed by atoms with Gasteiger partial charge < -0.3 is 14.8 Å². The van der Waals surface area contributed by atoms with E-state index in [1.165, 1.54) is 0 Å². The normalized spacial score (nSPS) is 11.1. The minimum atomic E-state index is -0.0156. The first-order valence-corrected chi connectivity index (χ1v) is 5.91. The van der Waals surface area contributed by atoms with E-state index >= 15 is 0 Å². The molecule has 0 aliphatic heterocycles. The van der Waals surface area contributed by atoms with Crippen LogP contribution in [0.3, 0.4) is 0 Å². The lowest BCUT2D eigenvalue weighted by molar-refractivity contribution is -0.121. The Kier molecular flexibility index (Phi) is 3.62. The second-order valence-corrected chi connectivity index (χ2v) is 4.51. The Bertz CT molecular complexity index is 559. The summed E-state index contributed by atoms with van der Waals surface area (Å²) in [6, 6.07) is 7.88. The molecule has 0 saturated carbocycles. The van der Waals surface area contributed by atoms with Crippen LogP contribution in [0, 0.1) is 0 Å². The summed E-state index contributed by atoms with van der Waals surface area (Å²) in [5.41, 5.74) is 1.93. The van der Waals surface area contributed by atoms with Crippen molar-refractivity contribution in [3.63, 3.8) is 0 Å². The summed E-state index contributed by atoms with van der Waals surface area (Å²) in [6.07, 6.45) is 0. The lowest BCUT2D eigenvalue weighted by atomic mass is 10.3. The summed E-state index contributed by atoms with van der Waals surface area (Å²) < 4.78 is 1.97. The van der Waals surface area contributed by atoms with Gasteiger partial charge in [0.25, 0.3) is 0 Å². The van der Waals surface area contributed by atoms with Gasteiger partial charge in [0.05, 0.1) is 17.6 Å². The Morgan fingerprint density at radius 1 is 1.39 bits per heavy atom. The van der Waals surface area contributed by atoms with Crippen LogP contribution < -0.4 is 5.32 Å². The molecule has 0 fully saturated rings. The molecule has 0 spiro atoms. The second kappa shape index (κ2) is 5.18. The zero-order valence-corrected chi connectivity index (χ0v) is 11.0. The Morgan fingerprint density at radius 2 is 2.11 bits per heavy atom. The van der Waals surface area contributed by atoms with Gasteiger partial charge in [-0.2, -0.15) is 0 Å². The molecule has 5 heteroatoms. The van der Waals surface area contributed by atoms with Crippen LogP contribution in [0.4, 0.5) is 0 Å². The number of carbonyl (C=O) groups excluding carboxylic acids is 1. The summed E-state index contributed by atoms with van der Waals surface area (Å²) in [5, 5.41) is 2.65. The number of para-hydroxylation sites is 2. The third-order valence-corrected chi connectivity index (χ3v) is 2.77. The molecule has 0 aliphatic carbocycles. The monoisotopic (exact) mass is 246 g/mol. The topological polar surface area (TPSA) is 50.2 Å². The van der Waals surface area contributed by atoms with Crippen LogP contribution in [0.5, 0.6) is 0 Å². The molecule has 1 aromatic carbocycles. The number of likely N-dealkylation sites (N-methyl/N-ethyl adjacent to an activating group) is 1. The predicted octanol–water partition coefficient (Wildman–Crippen LogP) is 0.844. The zero-order chi connectivity index (χ0) is 13.1. The summed E-state index contributed by atoms with van der Waals surface area (Å²) in [4.78, 5) is 18.2. The van der Waals surface area contributed by atoms with Gasteiger partial charge in [0.15, 0.2) is 0 Å². The SMILES string of the molecule is CNC(=O)Cn1c(CN(C)C)nc2ccccc21. The molecule has 0 unspecified atom stereocenters. The fourth-order valence-corrected chi connectivity index (χ4v) is 1.93. The van der Waals surface area contributed by atoms with Crippen molar-refractivity contribution < 1.29 is 4.79 Å². The molecular formula is C13H18N4O. The van der Waals surface area contributed by atoms with Gasteiger partial charge in [-0.05, 0) is 26.2 Å². The molecule has 0 saturated heterocycles. The maximum atomic E-state index is 11.6. The van der Waals surface area contributed by atoms with Gasteiger partial charge in [0.1, 0.15) is 12.4 Å². The molecule has 1 amide bonds. The van der Waals surface area contributed by atoms with Gasteiger partial charge in [-0.25, -0.2) is 4.98 Å². The van der Waals surface area contributed by atoms with Gasteiger partial charge in [-0.3, -0.25) is 4.79 Å². The van der Waals surface area contributed by atoms with E-state index in [0.29, 0.717) is 13.1 Å². The highest BCUT2D eigenvalue weighted by molar-refractivity contribution is 5.80. The Labute approximate surface area is 106 Å². The maximum absolute atomic E-state index is 11.6. The minimum Gasteiger partial charge on any atom is -0.358 e. The molecule has 1 aromatic heterocycles. The largest absolute Gasteiger partial charge is 0.358 e. The summed E-state index contributed by atoms with van der Waals surface area (Å²) in [7, 11) is 5.63. The van der Waals surface area contributed by atoms with E-state index in [2.05, 4.69) is 10.3 Å². The molecule has 96 valence electrons. The van der Waals surface area contributed by atoms with Crippen molar-refractivity contribution >= 4 is 16.9 Å². The number of amides is 1. The Hall–Kier alpha value is -1.88. The van der Waals surface area contributed by atoms with Crippen LogP contribution >= 0.6 is 0 Å². The van der Waals surface area contributed by atoms with E-state index in [4.69, 9.17) is 0 Å². The number of nitrogens with zero attached hydrogens (tertiary/aromatic N) is 3. The van der Waals surface area contributed by atoms with Crippen LogP contribution in [0.15, 0.2) is 24.3 Å². The maximum Gasteiger partial charge on any atom is 0.239 e. The Morgan fingerprint density at radius 3 is 2.78 bits per heavy atom. The molecule has 2 aromatic rings. The molecule has 5 nitrogen and oxygen atoms in total. The number of nitrogens with one attached hydrogen (secondary N) is 1. The third-order valence-electron chi connectivity index (χ3n) is 2.77. The van der Waals surface area contributed by atoms with Crippen molar-refractivity contribution in [3.05, 3.63) is 30.1 Å². The van der Waals surface area contributed by atoms with Crippen molar-refractivity contribution in [1.29, 1.82) is 0 Å². The molecule has 2 rings (SSSR count). The first kappa shape index (κ1) is 12.6. The number of aromatic nitrogens is 2. The highest BCUT2D eigenvalue weighted by atomic mass is 16.1. The van der Waals surface area contributed by atoms with E-state index in [1.54, 1.807) is 7.05 Å². The second-order valence-electron chi connectivity index (χ2n) is 4.51. The zero-order valence-electron chi connectivity index (χ0n) is 11.0. The van der Waals surface area contributed by atoms with Crippen molar-refractivity contribution in [2.45, 2.75) is 13.1 Å². The molecular weight excluding hydrogens is 228 g/mol. The quantitative estimate of drug-likeness (QED) is 0.870. The highest BCUT2D eigenvalue weighted by Crippen LogP contribution is 2.16. The molecule has 0 aliphatic rings. The first-order valence-electron chi connectivity index (χ1n) is 5.91. The average Bonchev–Trinajstić information content (AvgIpc) is 2.66. The predicted molar refractivity (Wildman–Crippen MR) is 71.2 cm³/mol. The minimum absolute atomic E-state index is 0.0156. The number of hydrogen-bond donors (Lipinski definition) is 1. The summed E-state index contributed by atoms with van der Waals surface area (Å²) in [6.45, 7) is 1.02. The first-order chi connectivity index (χ1) is 8.61. The molecule has 1 N–H and O–H groups in total. The van der Waals surface area contributed by atoms with Crippen LogP contribution in [0.25, 0.3) is 11.0 Å². The lowest BCUT2D eigenvalue weighted by Gasteiger charge is -2.12. The summed E-state index contributed by atoms with van der Waals surface area (Å²) in [5.74, 6) is 0.892. The highest BCUT2D eigenvalue weighted by Gasteiger charge is 2.13. The van der Waals surface area contributed by atoms with Crippen molar-refractivity contribution in [2.75, 3.05) is 21.1 Å². The van der Waals surface area contributed by atoms with Gasteiger partial charge in [0.2, 0.25) is 5.91 Å². The number of fused-ring (bicyclic) bond motifs is 1.